The van der Waals surface area contributed by atoms with Crippen molar-refractivity contribution in [3.63, 3.8) is 0 Å². The third kappa shape index (κ3) is 6.12. The number of amides is 1. The molecule has 1 heterocycles. The normalized spacial score (nSPS) is 11.4. The highest BCUT2D eigenvalue weighted by molar-refractivity contribution is 8.01. The Morgan fingerprint density at radius 1 is 1.00 bits per heavy atom. The molecule has 4 aromatic rings. The zero-order valence-corrected chi connectivity index (χ0v) is 23.2. The van der Waals surface area contributed by atoms with Crippen LogP contribution in [0.5, 0.6) is 0 Å². The number of carboxylic acid groups (broad SMARTS) is 1. The maximum absolute atomic E-state index is 13.4. The van der Waals surface area contributed by atoms with Crippen molar-refractivity contribution in [3.05, 3.63) is 89.1 Å². The summed E-state index contributed by atoms with van der Waals surface area (Å²) >= 11 is 2.79. The molecule has 4 rings (SSSR count). The molecule has 0 spiro atoms. The van der Waals surface area contributed by atoms with E-state index in [2.05, 4.69) is 12.2 Å². The minimum absolute atomic E-state index is 0.254. The Hall–Kier alpha value is -3.42. The molecule has 37 heavy (non-hydrogen) atoms. The van der Waals surface area contributed by atoms with Crippen molar-refractivity contribution in [2.24, 2.45) is 0 Å². The number of thiazole rings is 1. The summed E-state index contributed by atoms with van der Waals surface area (Å²) < 4.78 is -0.936. The summed E-state index contributed by atoms with van der Waals surface area (Å²) in [6, 6.07) is 21.8. The monoisotopic (exact) mass is 530 g/mol. The fourth-order valence-corrected chi connectivity index (χ4v) is 5.99. The number of rotatable bonds is 8. The van der Waals surface area contributed by atoms with Gasteiger partial charge >= 0.3 is 5.97 Å². The van der Waals surface area contributed by atoms with Gasteiger partial charge in [0.1, 0.15) is 15.4 Å². The molecule has 0 aliphatic rings. The summed E-state index contributed by atoms with van der Waals surface area (Å²) in [4.78, 5) is 31.5. The quantitative estimate of drug-likeness (QED) is 0.227. The van der Waals surface area contributed by atoms with E-state index in [0.717, 1.165) is 49.1 Å². The number of aryl methyl sites for hydroxylation is 3. The summed E-state index contributed by atoms with van der Waals surface area (Å²) in [6.07, 6.45) is 0.936. The van der Waals surface area contributed by atoms with Gasteiger partial charge in [-0.1, -0.05) is 55.0 Å². The van der Waals surface area contributed by atoms with Crippen molar-refractivity contribution >= 4 is 40.7 Å². The Morgan fingerprint density at radius 2 is 1.68 bits per heavy atom. The summed E-state index contributed by atoms with van der Waals surface area (Å²) in [5, 5.41) is 13.2. The van der Waals surface area contributed by atoms with Crippen LogP contribution in [0.15, 0.2) is 71.6 Å². The van der Waals surface area contributed by atoms with E-state index in [1.54, 1.807) is 13.8 Å². The summed E-state index contributed by atoms with van der Waals surface area (Å²) in [5.41, 5.74) is 6.29. The third-order valence-corrected chi connectivity index (χ3v) is 8.40. The van der Waals surface area contributed by atoms with Gasteiger partial charge in [-0.15, -0.1) is 23.1 Å². The second-order valence-electron chi connectivity index (χ2n) is 9.46. The van der Waals surface area contributed by atoms with Crippen LogP contribution in [0, 0.1) is 13.8 Å². The highest BCUT2D eigenvalue weighted by Gasteiger charge is 2.29. The second kappa shape index (κ2) is 10.9. The molecule has 3 aromatic carbocycles. The van der Waals surface area contributed by atoms with E-state index < -0.39 is 10.7 Å². The van der Waals surface area contributed by atoms with Gasteiger partial charge in [0.05, 0.1) is 4.88 Å². The van der Waals surface area contributed by atoms with Gasteiger partial charge in [0.15, 0.2) is 0 Å². The van der Waals surface area contributed by atoms with E-state index in [0.29, 0.717) is 5.69 Å². The molecular formula is C30H30N2O3S2. The van der Waals surface area contributed by atoms with Gasteiger partial charge in [-0.05, 0) is 75.1 Å². The van der Waals surface area contributed by atoms with Crippen molar-refractivity contribution in [3.8, 4) is 21.0 Å². The third-order valence-electron chi connectivity index (χ3n) is 6.09. The maximum atomic E-state index is 13.4. The van der Waals surface area contributed by atoms with E-state index in [9.17, 15) is 14.7 Å². The Labute approximate surface area is 226 Å². The lowest BCUT2D eigenvalue weighted by Gasteiger charge is -2.19. The highest BCUT2D eigenvalue weighted by Crippen LogP contribution is 2.39. The molecule has 5 nitrogen and oxygen atoms in total. The first-order valence-corrected chi connectivity index (χ1v) is 13.7. The van der Waals surface area contributed by atoms with Crippen molar-refractivity contribution in [1.82, 2.24) is 4.98 Å². The molecule has 0 saturated heterocycles. The Balaban J connectivity index is 1.71. The largest absolute Gasteiger partial charge is 0.480 e. The number of nitrogens with zero attached hydrogens (tertiary/aromatic N) is 1. The summed E-state index contributed by atoms with van der Waals surface area (Å²) in [5.74, 6) is -1.11. The van der Waals surface area contributed by atoms with Crippen molar-refractivity contribution in [2.75, 3.05) is 5.32 Å². The van der Waals surface area contributed by atoms with Crippen LogP contribution in [0.3, 0.4) is 0 Å². The molecule has 0 radical (unpaired) electrons. The zero-order chi connectivity index (χ0) is 26.7. The van der Waals surface area contributed by atoms with E-state index in [4.69, 9.17) is 4.98 Å². The molecule has 1 aromatic heterocycles. The number of hydrogen-bond acceptors (Lipinski definition) is 5. The van der Waals surface area contributed by atoms with Crippen molar-refractivity contribution < 1.29 is 14.7 Å². The number of carboxylic acids is 1. The summed E-state index contributed by atoms with van der Waals surface area (Å²) in [6.45, 7) is 9.49. The predicted octanol–water partition coefficient (Wildman–Crippen LogP) is 7.86. The van der Waals surface area contributed by atoms with Gasteiger partial charge < -0.3 is 10.4 Å². The van der Waals surface area contributed by atoms with Gasteiger partial charge in [0, 0.05) is 16.1 Å². The highest BCUT2D eigenvalue weighted by atomic mass is 32.2. The van der Waals surface area contributed by atoms with Crippen LogP contribution in [0.2, 0.25) is 0 Å². The average molecular weight is 531 g/mol. The van der Waals surface area contributed by atoms with E-state index in [1.165, 1.54) is 28.7 Å². The lowest BCUT2D eigenvalue weighted by atomic mass is 10.1. The van der Waals surface area contributed by atoms with Gasteiger partial charge in [-0.3, -0.25) is 9.59 Å². The predicted molar refractivity (Wildman–Crippen MR) is 154 cm³/mol. The molecular weight excluding hydrogens is 500 g/mol. The molecule has 0 atom stereocenters. The molecule has 0 aliphatic heterocycles. The number of aliphatic carboxylic acids is 1. The second-order valence-corrected chi connectivity index (χ2v) is 12.2. The summed E-state index contributed by atoms with van der Waals surface area (Å²) in [7, 11) is 0. The molecule has 0 aliphatic carbocycles. The lowest BCUT2D eigenvalue weighted by molar-refractivity contribution is -0.138. The van der Waals surface area contributed by atoms with E-state index in [1.807, 2.05) is 80.6 Å². The Kier molecular flexibility index (Phi) is 7.85. The van der Waals surface area contributed by atoms with Crippen molar-refractivity contribution in [2.45, 2.75) is 50.7 Å². The number of carbonyl (C=O) groups is 2. The Morgan fingerprint density at radius 3 is 2.27 bits per heavy atom. The van der Waals surface area contributed by atoms with Crippen LogP contribution >= 0.6 is 23.1 Å². The number of anilines is 1. The van der Waals surface area contributed by atoms with Gasteiger partial charge in [0.2, 0.25) is 0 Å². The van der Waals surface area contributed by atoms with Crippen LogP contribution in [0.25, 0.3) is 21.0 Å². The van der Waals surface area contributed by atoms with Gasteiger partial charge in [0.25, 0.3) is 5.91 Å². The fraction of sp³-hybridized carbons (Fsp3) is 0.233. The molecule has 190 valence electrons. The average Bonchev–Trinajstić information content (AvgIpc) is 3.30. The number of thioether (sulfide) groups is 1. The minimum atomic E-state index is -0.936. The first-order chi connectivity index (χ1) is 17.6. The van der Waals surface area contributed by atoms with Gasteiger partial charge in [-0.2, -0.15) is 0 Å². The van der Waals surface area contributed by atoms with Crippen LogP contribution in [0.4, 0.5) is 5.69 Å². The molecule has 0 unspecified atom stereocenters. The fourth-order valence-electron chi connectivity index (χ4n) is 3.78. The lowest BCUT2D eigenvalue weighted by Crippen LogP contribution is -2.26. The standard InChI is InChI=1S/C30H30N2O3S2/c1-6-20-9-13-22(14-10-20)31-27(33)25-26(21-11-7-18(2)8-12-21)36-28(32-25)24-16-15-23(17-19(24)3)37-30(4,5)29(34)35/h7-17H,6H2,1-5H3,(H,31,33)(H,34,35). The van der Waals surface area contributed by atoms with Crippen molar-refractivity contribution in [1.29, 1.82) is 0 Å². The van der Waals surface area contributed by atoms with Crippen LogP contribution in [0.1, 0.15) is 48.0 Å². The first-order valence-electron chi connectivity index (χ1n) is 12.1. The molecule has 2 N–H and O–H groups in total. The topological polar surface area (TPSA) is 79.3 Å². The smallest absolute Gasteiger partial charge is 0.319 e. The SMILES string of the molecule is CCc1ccc(NC(=O)c2nc(-c3ccc(SC(C)(C)C(=O)O)cc3C)sc2-c2ccc(C)cc2)cc1. The molecule has 7 heteroatoms. The number of carbonyl (C=O) groups excluding carboxylic acids is 1. The van der Waals surface area contributed by atoms with Crippen LogP contribution < -0.4 is 5.32 Å². The Bertz CT molecular complexity index is 1440. The first kappa shape index (κ1) is 26.6. The number of hydrogen-bond donors (Lipinski definition) is 2. The van der Waals surface area contributed by atoms with Crippen LogP contribution in [-0.2, 0) is 11.2 Å². The molecule has 1 amide bonds. The zero-order valence-electron chi connectivity index (χ0n) is 21.6. The molecule has 0 bridgehead atoms. The maximum Gasteiger partial charge on any atom is 0.319 e. The molecule has 0 fully saturated rings. The van der Waals surface area contributed by atoms with Gasteiger partial charge in [-0.25, -0.2) is 4.98 Å². The van der Waals surface area contributed by atoms with Crippen LogP contribution in [-0.4, -0.2) is 26.7 Å². The minimum Gasteiger partial charge on any atom is -0.480 e. The number of nitrogens with one attached hydrogen (secondary N) is 1. The number of aromatic nitrogens is 1. The van der Waals surface area contributed by atoms with E-state index in [-0.39, 0.29) is 5.91 Å². The molecule has 0 saturated carbocycles. The van der Waals surface area contributed by atoms with E-state index >= 15 is 0 Å². The number of benzene rings is 3.